The van der Waals surface area contributed by atoms with Crippen LogP contribution in [0, 0.1) is 12.8 Å². The zero-order valence-electron chi connectivity index (χ0n) is 17.5. The largest absolute Gasteiger partial charge is 0.366 e. The fourth-order valence-corrected chi connectivity index (χ4v) is 4.05. The Kier molecular flexibility index (Phi) is 7.27. The van der Waals surface area contributed by atoms with E-state index in [1.807, 2.05) is 30.0 Å². The molecule has 30 heavy (non-hydrogen) atoms. The molecule has 1 fully saturated rings. The van der Waals surface area contributed by atoms with Gasteiger partial charge in [0.15, 0.2) is 0 Å². The Morgan fingerprint density at radius 3 is 2.37 bits per heavy atom. The van der Waals surface area contributed by atoms with Crippen molar-refractivity contribution in [2.75, 3.05) is 36.4 Å². The molecule has 2 aromatic rings. The summed E-state index contributed by atoms with van der Waals surface area (Å²) in [5.41, 5.74) is 2.92. The van der Waals surface area contributed by atoms with Gasteiger partial charge in [-0.15, -0.1) is 0 Å². The number of rotatable bonds is 5. The van der Waals surface area contributed by atoms with Gasteiger partial charge in [0.1, 0.15) is 0 Å². The summed E-state index contributed by atoms with van der Waals surface area (Å²) in [5.74, 6) is 0.264. The second kappa shape index (κ2) is 9.71. The van der Waals surface area contributed by atoms with Crippen molar-refractivity contribution >= 4 is 46.4 Å². The highest BCUT2D eigenvalue weighted by Crippen LogP contribution is 2.31. The van der Waals surface area contributed by atoms with Crippen LogP contribution in [0.5, 0.6) is 0 Å². The number of amides is 2. The van der Waals surface area contributed by atoms with Gasteiger partial charge in [0.2, 0.25) is 5.91 Å². The minimum absolute atomic E-state index is 0.197. The van der Waals surface area contributed by atoms with E-state index in [1.54, 1.807) is 18.2 Å². The highest BCUT2D eigenvalue weighted by molar-refractivity contribution is 6.34. The molecule has 0 aliphatic carbocycles. The van der Waals surface area contributed by atoms with Crippen LogP contribution in [-0.4, -0.2) is 42.9 Å². The van der Waals surface area contributed by atoms with Gasteiger partial charge in [-0.05, 0) is 48.7 Å². The summed E-state index contributed by atoms with van der Waals surface area (Å²) >= 11 is 12.5. The second-order valence-corrected chi connectivity index (χ2v) is 8.91. The number of anilines is 2. The van der Waals surface area contributed by atoms with Crippen LogP contribution >= 0.6 is 23.2 Å². The van der Waals surface area contributed by atoms with Crippen LogP contribution in [-0.2, 0) is 4.79 Å². The fraction of sp³-hybridized carbons (Fsp3) is 0.391. The number of hydrogen-bond acceptors (Lipinski definition) is 3. The molecule has 1 aliphatic rings. The van der Waals surface area contributed by atoms with Crippen molar-refractivity contribution in [1.82, 2.24) is 4.90 Å². The van der Waals surface area contributed by atoms with Crippen LogP contribution < -0.4 is 10.2 Å². The monoisotopic (exact) mass is 447 g/mol. The summed E-state index contributed by atoms with van der Waals surface area (Å²) in [7, 11) is 0. The van der Waals surface area contributed by atoms with E-state index < -0.39 is 0 Å². The number of halogens is 2. The molecule has 1 aliphatic heterocycles. The van der Waals surface area contributed by atoms with Gasteiger partial charge in [-0.25, -0.2) is 0 Å². The summed E-state index contributed by atoms with van der Waals surface area (Å²) in [6.07, 6.45) is 0.569. The van der Waals surface area contributed by atoms with Crippen LogP contribution in [0.1, 0.15) is 36.2 Å². The molecule has 160 valence electrons. The summed E-state index contributed by atoms with van der Waals surface area (Å²) in [4.78, 5) is 29.3. The van der Waals surface area contributed by atoms with Crippen LogP contribution in [0.4, 0.5) is 11.4 Å². The lowest BCUT2D eigenvalue weighted by molar-refractivity contribution is -0.132. The number of piperazine rings is 1. The minimum atomic E-state index is -0.283. The Bertz CT molecular complexity index is 938. The normalized spacial score (nSPS) is 14.2. The molecule has 2 amide bonds. The van der Waals surface area contributed by atoms with Crippen molar-refractivity contribution in [2.24, 2.45) is 5.92 Å². The minimum Gasteiger partial charge on any atom is -0.366 e. The molecule has 0 aromatic heterocycles. The molecular formula is C23H27Cl2N3O2. The lowest BCUT2D eigenvalue weighted by Gasteiger charge is -2.37. The highest BCUT2D eigenvalue weighted by Gasteiger charge is 2.24. The van der Waals surface area contributed by atoms with Gasteiger partial charge in [-0.2, -0.15) is 0 Å². The lowest BCUT2D eigenvalue weighted by Crippen LogP contribution is -2.49. The zero-order chi connectivity index (χ0) is 21.8. The molecule has 7 heteroatoms. The van der Waals surface area contributed by atoms with Crippen molar-refractivity contribution in [3.63, 3.8) is 0 Å². The third-order valence-corrected chi connectivity index (χ3v) is 5.68. The Morgan fingerprint density at radius 1 is 1.03 bits per heavy atom. The SMILES string of the molecule is Cc1ccc(C(=O)Nc2cc(Cl)ccc2N2CCN(C(=O)CC(C)C)CC2)c(Cl)c1. The van der Waals surface area contributed by atoms with Crippen LogP contribution in [0.25, 0.3) is 0 Å². The number of nitrogens with zero attached hydrogens (tertiary/aromatic N) is 2. The smallest absolute Gasteiger partial charge is 0.257 e. The maximum Gasteiger partial charge on any atom is 0.257 e. The first-order valence-corrected chi connectivity index (χ1v) is 10.9. The molecule has 2 aromatic carbocycles. The van der Waals surface area contributed by atoms with Crippen molar-refractivity contribution in [1.29, 1.82) is 0 Å². The van der Waals surface area contributed by atoms with Gasteiger partial charge in [-0.1, -0.05) is 43.1 Å². The first kappa shape index (κ1) is 22.4. The van der Waals surface area contributed by atoms with Gasteiger partial charge in [-0.3, -0.25) is 9.59 Å². The average molecular weight is 448 g/mol. The third-order valence-electron chi connectivity index (χ3n) is 5.13. The summed E-state index contributed by atoms with van der Waals surface area (Å²) < 4.78 is 0. The summed E-state index contributed by atoms with van der Waals surface area (Å²) in [6.45, 7) is 8.73. The Morgan fingerprint density at radius 2 is 1.73 bits per heavy atom. The standard InChI is InChI=1S/C23H27Cl2N3O2/c1-15(2)12-22(29)28-10-8-27(9-11-28)21-7-5-17(24)14-20(21)26-23(30)18-6-4-16(3)13-19(18)25/h4-7,13-15H,8-12H2,1-3H3,(H,26,30). The molecule has 0 atom stereocenters. The fourth-order valence-electron chi connectivity index (χ4n) is 3.55. The molecule has 0 bridgehead atoms. The summed E-state index contributed by atoms with van der Waals surface area (Å²) in [5, 5.41) is 3.90. The van der Waals surface area contributed by atoms with E-state index in [9.17, 15) is 9.59 Å². The first-order valence-electron chi connectivity index (χ1n) is 10.1. The van der Waals surface area contributed by atoms with Gasteiger partial charge in [0.05, 0.1) is 22.0 Å². The van der Waals surface area contributed by atoms with Crippen LogP contribution in [0.2, 0.25) is 10.0 Å². The topological polar surface area (TPSA) is 52.7 Å². The zero-order valence-corrected chi connectivity index (χ0v) is 19.1. The highest BCUT2D eigenvalue weighted by atomic mass is 35.5. The Labute approximate surface area is 187 Å². The van der Waals surface area contributed by atoms with Crippen LogP contribution in [0.3, 0.4) is 0 Å². The Hall–Kier alpha value is -2.24. The van der Waals surface area contributed by atoms with E-state index in [0.717, 1.165) is 11.3 Å². The second-order valence-electron chi connectivity index (χ2n) is 8.06. The Balaban J connectivity index is 1.75. The maximum absolute atomic E-state index is 12.8. The van der Waals surface area contributed by atoms with Crippen molar-refractivity contribution < 1.29 is 9.59 Å². The van der Waals surface area contributed by atoms with Gasteiger partial charge in [0.25, 0.3) is 5.91 Å². The number of carbonyl (C=O) groups excluding carboxylic acids is 2. The average Bonchev–Trinajstić information content (AvgIpc) is 2.67. The van der Waals surface area contributed by atoms with E-state index >= 15 is 0 Å². The molecule has 1 heterocycles. The molecule has 0 unspecified atom stereocenters. The first-order chi connectivity index (χ1) is 14.2. The van der Waals surface area contributed by atoms with E-state index in [0.29, 0.717) is 59.8 Å². The number of carbonyl (C=O) groups is 2. The maximum atomic E-state index is 12.8. The van der Waals surface area contributed by atoms with Gasteiger partial charge < -0.3 is 15.1 Å². The van der Waals surface area contributed by atoms with Gasteiger partial charge in [0, 0.05) is 37.6 Å². The molecule has 3 rings (SSSR count). The molecule has 0 saturated carbocycles. The number of benzene rings is 2. The summed E-state index contributed by atoms with van der Waals surface area (Å²) in [6, 6.07) is 10.8. The molecule has 1 N–H and O–H groups in total. The lowest BCUT2D eigenvalue weighted by atomic mass is 10.1. The van der Waals surface area contributed by atoms with E-state index in [1.165, 1.54) is 0 Å². The van der Waals surface area contributed by atoms with Gasteiger partial charge >= 0.3 is 0 Å². The van der Waals surface area contributed by atoms with Crippen molar-refractivity contribution in [2.45, 2.75) is 27.2 Å². The van der Waals surface area contributed by atoms with E-state index in [-0.39, 0.29) is 11.8 Å². The third kappa shape index (κ3) is 5.46. The number of aryl methyl sites for hydroxylation is 1. The van der Waals surface area contributed by atoms with Crippen molar-refractivity contribution in [3.05, 3.63) is 57.6 Å². The van der Waals surface area contributed by atoms with Crippen LogP contribution in [0.15, 0.2) is 36.4 Å². The predicted molar refractivity (Wildman–Crippen MR) is 124 cm³/mol. The van der Waals surface area contributed by atoms with Crippen molar-refractivity contribution in [3.8, 4) is 0 Å². The molecule has 1 saturated heterocycles. The molecule has 5 nitrogen and oxygen atoms in total. The molecule has 0 radical (unpaired) electrons. The number of nitrogens with one attached hydrogen (secondary N) is 1. The predicted octanol–water partition coefficient (Wildman–Crippen LogP) is 5.25. The van der Waals surface area contributed by atoms with E-state index in [4.69, 9.17) is 23.2 Å². The quantitative estimate of drug-likeness (QED) is 0.680. The molecular weight excluding hydrogens is 421 g/mol. The van der Waals surface area contributed by atoms with E-state index in [2.05, 4.69) is 24.1 Å². The molecule has 0 spiro atoms. The number of hydrogen-bond donors (Lipinski definition) is 1.